The summed E-state index contributed by atoms with van der Waals surface area (Å²) in [7, 11) is 0. The Morgan fingerprint density at radius 1 is 1.43 bits per heavy atom. The zero-order chi connectivity index (χ0) is 10.8. The molecule has 1 saturated carbocycles. The van der Waals surface area contributed by atoms with Crippen LogP contribution in [0.1, 0.15) is 46.5 Å². The van der Waals surface area contributed by atoms with Crippen LogP contribution in [0.25, 0.3) is 0 Å². The van der Waals surface area contributed by atoms with Gasteiger partial charge in [-0.1, -0.05) is 32.8 Å². The van der Waals surface area contributed by atoms with Gasteiger partial charge in [0.15, 0.2) is 0 Å². The molecular weight excluding hydrogens is 176 g/mol. The van der Waals surface area contributed by atoms with Crippen molar-refractivity contribution >= 4 is 5.97 Å². The first kappa shape index (κ1) is 11.3. The minimum Gasteiger partial charge on any atom is -0.478 e. The third-order valence-corrected chi connectivity index (χ3v) is 3.01. The summed E-state index contributed by atoms with van der Waals surface area (Å²) in [5.74, 6) is -0.344. The summed E-state index contributed by atoms with van der Waals surface area (Å²) in [5.41, 5.74) is 1.33. The molecule has 0 amide bonds. The molecule has 0 aliphatic heterocycles. The lowest BCUT2D eigenvalue weighted by Gasteiger charge is -2.36. The van der Waals surface area contributed by atoms with E-state index >= 15 is 0 Å². The highest BCUT2D eigenvalue weighted by Crippen LogP contribution is 2.41. The molecule has 0 spiro atoms. The van der Waals surface area contributed by atoms with E-state index < -0.39 is 5.97 Å². The van der Waals surface area contributed by atoms with Gasteiger partial charge in [-0.15, -0.1) is 0 Å². The molecule has 2 heteroatoms. The van der Waals surface area contributed by atoms with Crippen LogP contribution in [-0.2, 0) is 4.79 Å². The minimum atomic E-state index is -0.795. The molecule has 0 saturated heterocycles. The van der Waals surface area contributed by atoms with Crippen molar-refractivity contribution in [3.05, 3.63) is 11.6 Å². The fourth-order valence-corrected chi connectivity index (χ4v) is 2.36. The van der Waals surface area contributed by atoms with Gasteiger partial charge in [-0.05, 0) is 30.6 Å². The predicted octanol–water partition coefficient (Wildman–Crippen LogP) is 3.23. The largest absolute Gasteiger partial charge is 0.478 e. The van der Waals surface area contributed by atoms with Gasteiger partial charge in [0.2, 0.25) is 0 Å². The Kier molecular flexibility index (Phi) is 3.35. The maximum Gasteiger partial charge on any atom is 0.328 e. The minimum absolute atomic E-state index is 0.196. The highest BCUT2D eigenvalue weighted by Gasteiger charge is 2.30. The van der Waals surface area contributed by atoms with E-state index in [0.717, 1.165) is 24.8 Å². The molecule has 0 aromatic carbocycles. The predicted molar refractivity (Wildman–Crippen MR) is 57.1 cm³/mol. The smallest absolute Gasteiger partial charge is 0.328 e. The second-order valence-electron chi connectivity index (χ2n) is 5.22. The number of hydrogen-bond donors (Lipinski definition) is 1. The molecule has 80 valence electrons. The highest BCUT2D eigenvalue weighted by atomic mass is 16.4. The zero-order valence-corrected chi connectivity index (χ0v) is 9.34. The van der Waals surface area contributed by atoms with E-state index in [1.54, 1.807) is 0 Å². The van der Waals surface area contributed by atoms with Crippen LogP contribution >= 0.6 is 0 Å². The first-order chi connectivity index (χ1) is 6.41. The topological polar surface area (TPSA) is 37.3 Å². The van der Waals surface area contributed by atoms with Crippen molar-refractivity contribution in [2.24, 2.45) is 11.3 Å². The number of carboxylic acids is 1. The molecule has 1 aliphatic rings. The fraction of sp³-hybridized carbons (Fsp3) is 0.750. The van der Waals surface area contributed by atoms with Gasteiger partial charge in [-0.2, -0.15) is 0 Å². The summed E-state index contributed by atoms with van der Waals surface area (Å²) in [5, 5.41) is 8.77. The van der Waals surface area contributed by atoms with Gasteiger partial charge < -0.3 is 5.11 Å². The van der Waals surface area contributed by atoms with E-state index in [1.165, 1.54) is 12.5 Å². The third kappa shape index (κ3) is 2.86. The molecule has 1 fully saturated rings. The van der Waals surface area contributed by atoms with Gasteiger partial charge in [-0.25, -0.2) is 4.79 Å². The van der Waals surface area contributed by atoms with E-state index in [1.807, 2.05) is 0 Å². The Balaban J connectivity index is 2.84. The van der Waals surface area contributed by atoms with E-state index in [-0.39, 0.29) is 5.41 Å². The molecule has 1 unspecified atom stereocenters. The van der Waals surface area contributed by atoms with E-state index in [2.05, 4.69) is 20.8 Å². The quantitative estimate of drug-likeness (QED) is 0.654. The number of allylic oxidation sites excluding steroid dienone is 1. The molecule has 0 radical (unpaired) electrons. The Bertz CT molecular complexity index is 246. The monoisotopic (exact) mass is 196 g/mol. The van der Waals surface area contributed by atoms with Crippen LogP contribution in [0.5, 0.6) is 0 Å². The van der Waals surface area contributed by atoms with E-state index in [0.29, 0.717) is 5.92 Å². The van der Waals surface area contributed by atoms with Gasteiger partial charge in [0, 0.05) is 6.08 Å². The van der Waals surface area contributed by atoms with Crippen molar-refractivity contribution < 1.29 is 9.90 Å². The van der Waals surface area contributed by atoms with Crippen LogP contribution in [0.2, 0.25) is 0 Å². The summed E-state index contributed by atoms with van der Waals surface area (Å²) in [4.78, 5) is 10.7. The maximum atomic E-state index is 10.7. The Morgan fingerprint density at radius 3 is 2.57 bits per heavy atom. The Labute approximate surface area is 86.0 Å². The molecule has 14 heavy (non-hydrogen) atoms. The Hall–Kier alpha value is -0.790. The first-order valence-corrected chi connectivity index (χ1v) is 5.34. The second kappa shape index (κ2) is 4.16. The Morgan fingerprint density at radius 2 is 2.07 bits per heavy atom. The van der Waals surface area contributed by atoms with Crippen molar-refractivity contribution in [1.29, 1.82) is 0 Å². The van der Waals surface area contributed by atoms with Crippen molar-refractivity contribution in [2.45, 2.75) is 46.5 Å². The number of carboxylic acid groups (broad SMARTS) is 1. The molecule has 0 aromatic rings. The maximum absolute atomic E-state index is 10.7. The zero-order valence-electron chi connectivity index (χ0n) is 9.34. The van der Waals surface area contributed by atoms with Gasteiger partial charge >= 0.3 is 5.97 Å². The van der Waals surface area contributed by atoms with Crippen molar-refractivity contribution in [2.75, 3.05) is 0 Å². The van der Waals surface area contributed by atoms with Crippen LogP contribution in [-0.4, -0.2) is 11.1 Å². The van der Waals surface area contributed by atoms with Crippen LogP contribution in [0, 0.1) is 11.3 Å². The standard InChI is InChI=1S/C12H20O2/c1-12(2,3)10-7-5-4-6-9(10)8-11(13)14/h8,10H,4-7H2,1-3H3,(H,13,14)/b9-8+. The lowest BCUT2D eigenvalue weighted by Crippen LogP contribution is -2.25. The summed E-state index contributed by atoms with van der Waals surface area (Å²) >= 11 is 0. The summed E-state index contributed by atoms with van der Waals surface area (Å²) < 4.78 is 0. The van der Waals surface area contributed by atoms with E-state index in [4.69, 9.17) is 5.11 Å². The summed E-state index contributed by atoms with van der Waals surface area (Å²) in [6, 6.07) is 0. The van der Waals surface area contributed by atoms with Gasteiger partial charge in [0.25, 0.3) is 0 Å². The lowest BCUT2D eigenvalue weighted by atomic mass is 9.69. The molecule has 1 rings (SSSR count). The average Bonchev–Trinajstić information content (AvgIpc) is 2.01. The second-order valence-corrected chi connectivity index (χ2v) is 5.22. The van der Waals surface area contributed by atoms with Crippen molar-refractivity contribution in [3.8, 4) is 0 Å². The summed E-state index contributed by atoms with van der Waals surface area (Å²) in [6.07, 6.45) is 5.91. The molecular formula is C12H20O2. The molecule has 1 N–H and O–H groups in total. The normalized spacial score (nSPS) is 26.5. The number of hydrogen-bond acceptors (Lipinski definition) is 1. The van der Waals surface area contributed by atoms with Crippen LogP contribution in [0.15, 0.2) is 11.6 Å². The van der Waals surface area contributed by atoms with Crippen LogP contribution < -0.4 is 0 Å². The molecule has 1 aliphatic carbocycles. The molecule has 0 aromatic heterocycles. The number of carbonyl (C=O) groups is 1. The van der Waals surface area contributed by atoms with E-state index in [9.17, 15) is 4.79 Å². The molecule has 0 heterocycles. The van der Waals surface area contributed by atoms with Crippen molar-refractivity contribution in [3.63, 3.8) is 0 Å². The fourth-order valence-electron chi connectivity index (χ4n) is 2.36. The number of rotatable bonds is 1. The number of aliphatic carboxylic acids is 1. The van der Waals surface area contributed by atoms with Crippen LogP contribution in [0.4, 0.5) is 0 Å². The molecule has 1 atom stereocenters. The van der Waals surface area contributed by atoms with Gasteiger partial charge in [0.05, 0.1) is 0 Å². The van der Waals surface area contributed by atoms with Gasteiger partial charge in [0.1, 0.15) is 0 Å². The van der Waals surface area contributed by atoms with Gasteiger partial charge in [-0.3, -0.25) is 0 Å². The molecule has 0 bridgehead atoms. The highest BCUT2D eigenvalue weighted by molar-refractivity contribution is 5.80. The average molecular weight is 196 g/mol. The van der Waals surface area contributed by atoms with Crippen molar-refractivity contribution in [1.82, 2.24) is 0 Å². The third-order valence-electron chi connectivity index (χ3n) is 3.01. The summed E-state index contributed by atoms with van der Waals surface area (Å²) in [6.45, 7) is 6.58. The van der Waals surface area contributed by atoms with Crippen LogP contribution in [0.3, 0.4) is 0 Å². The lowest BCUT2D eigenvalue weighted by molar-refractivity contribution is -0.131. The molecule has 2 nitrogen and oxygen atoms in total. The SMILES string of the molecule is CC(C)(C)C1CCCC/C1=C\C(=O)O. The first-order valence-electron chi connectivity index (χ1n) is 5.34.